The van der Waals surface area contributed by atoms with Crippen LogP contribution in [0.15, 0.2) is 42.5 Å². The molecule has 108 valence electrons. The van der Waals surface area contributed by atoms with Crippen molar-refractivity contribution in [3.63, 3.8) is 0 Å². The van der Waals surface area contributed by atoms with Gasteiger partial charge in [-0.25, -0.2) is 0 Å². The molecule has 0 atom stereocenters. The Morgan fingerprint density at radius 2 is 1.95 bits per heavy atom. The van der Waals surface area contributed by atoms with Crippen LogP contribution in [0.4, 0.5) is 5.69 Å². The molecule has 0 saturated carbocycles. The number of thiocarbonyl (C=S) groups is 1. The summed E-state index contributed by atoms with van der Waals surface area (Å²) in [5, 5.41) is 20.0. The van der Waals surface area contributed by atoms with Crippen LogP contribution in [0.2, 0.25) is 0 Å². The van der Waals surface area contributed by atoms with Crippen LogP contribution in [0.25, 0.3) is 0 Å². The average Bonchev–Trinajstić information content (AvgIpc) is 2.48. The van der Waals surface area contributed by atoms with E-state index in [2.05, 4.69) is 0 Å². The first kappa shape index (κ1) is 14.9. The van der Waals surface area contributed by atoms with E-state index in [9.17, 15) is 15.2 Å². The van der Waals surface area contributed by atoms with E-state index in [1.54, 1.807) is 13.2 Å². The van der Waals surface area contributed by atoms with Gasteiger partial charge in [-0.2, -0.15) is 0 Å². The second kappa shape index (κ2) is 6.32. The molecule has 6 heteroatoms. The fourth-order valence-electron chi connectivity index (χ4n) is 1.99. The molecule has 0 aromatic heterocycles. The number of aliphatic hydroxyl groups is 1. The quantitative estimate of drug-likeness (QED) is 0.520. The lowest BCUT2D eigenvalue weighted by Gasteiger charge is -2.08. The number of nitro groups is 1. The van der Waals surface area contributed by atoms with Gasteiger partial charge in [-0.1, -0.05) is 18.2 Å². The molecule has 0 bridgehead atoms. The standard InChI is InChI=1S/C15H13NO4S/c1-20-13-6-2-10(3-7-13)8-11-4-5-12(16(18)19)9-14(11)15(17)21/h2-7,9H,8H2,1H3,(H,17,21). The molecule has 2 aromatic carbocycles. The van der Waals surface area contributed by atoms with Gasteiger partial charge >= 0.3 is 0 Å². The Labute approximate surface area is 127 Å². The van der Waals surface area contributed by atoms with Gasteiger partial charge in [0.1, 0.15) is 5.75 Å². The molecule has 2 aromatic rings. The van der Waals surface area contributed by atoms with Crippen LogP contribution in [0.1, 0.15) is 16.7 Å². The largest absolute Gasteiger partial charge is 0.499 e. The smallest absolute Gasteiger partial charge is 0.270 e. The first-order chi connectivity index (χ1) is 10.0. The highest BCUT2D eigenvalue weighted by Crippen LogP contribution is 2.22. The second-order valence-electron chi connectivity index (χ2n) is 4.43. The molecule has 0 fully saturated rings. The fraction of sp³-hybridized carbons (Fsp3) is 0.133. The monoisotopic (exact) mass is 303 g/mol. The van der Waals surface area contributed by atoms with E-state index in [0.29, 0.717) is 12.0 Å². The van der Waals surface area contributed by atoms with Crippen LogP contribution in [-0.4, -0.2) is 22.2 Å². The summed E-state index contributed by atoms with van der Waals surface area (Å²) in [5.41, 5.74) is 1.94. The van der Waals surface area contributed by atoms with Crippen molar-refractivity contribution in [3.05, 3.63) is 69.3 Å². The van der Waals surface area contributed by atoms with Crippen molar-refractivity contribution in [3.8, 4) is 5.75 Å². The Balaban J connectivity index is 2.34. The summed E-state index contributed by atoms with van der Waals surface area (Å²) in [5.74, 6) is 0.750. The minimum atomic E-state index is -0.515. The molecular weight excluding hydrogens is 290 g/mol. The number of nitrogens with zero attached hydrogens (tertiary/aromatic N) is 1. The minimum Gasteiger partial charge on any atom is -0.499 e. The van der Waals surface area contributed by atoms with E-state index in [0.717, 1.165) is 16.9 Å². The lowest BCUT2D eigenvalue weighted by atomic mass is 9.99. The van der Waals surface area contributed by atoms with Gasteiger partial charge in [-0.05, 0) is 41.9 Å². The maximum Gasteiger partial charge on any atom is 0.270 e. The molecule has 0 saturated heterocycles. The van der Waals surface area contributed by atoms with Gasteiger partial charge in [0.25, 0.3) is 5.69 Å². The summed E-state index contributed by atoms with van der Waals surface area (Å²) in [7, 11) is 1.59. The third kappa shape index (κ3) is 3.55. The Hall–Kier alpha value is -2.47. The maximum atomic E-state index is 10.8. The van der Waals surface area contributed by atoms with Crippen molar-refractivity contribution in [1.29, 1.82) is 0 Å². The first-order valence-corrected chi connectivity index (χ1v) is 6.55. The second-order valence-corrected chi connectivity index (χ2v) is 4.82. The molecular formula is C15H13NO4S. The number of hydrogen-bond acceptors (Lipinski definition) is 4. The first-order valence-electron chi connectivity index (χ1n) is 6.15. The summed E-state index contributed by atoms with van der Waals surface area (Å²) >= 11 is 4.76. The Kier molecular flexibility index (Phi) is 4.49. The van der Waals surface area contributed by atoms with Crippen molar-refractivity contribution >= 4 is 23.0 Å². The van der Waals surface area contributed by atoms with Gasteiger partial charge in [0, 0.05) is 17.7 Å². The molecule has 5 nitrogen and oxygen atoms in total. The topological polar surface area (TPSA) is 72.6 Å². The highest BCUT2D eigenvalue weighted by Gasteiger charge is 2.14. The van der Waals surface area contributed by atoms with E-state index in [1.807, 2.05) is 24.3 Å². The molecule has 0 aliphatic rings. The van der Waals surface area contributed by atoms with Gasteiger partial charge < -0.3 is 9.84 Å². The summed E-state index contributed by atoms with van der Waals surface area (Å²) in [4.78, 5) is 10.3. The maximum absolute atomic E-state index is 10.8. The third-order valence-corrected chi connectivity index (χ3v) is 3.31. The number of benzene rings is 2. The molecule has 0 radical (unpaired) electrons. The zero-order chi connectivity index (χ0) is 15.4. The molecule has 0 aliphatic carbocycles. The molecule has 0 unspecified atom stereocenters. The normalized spacial score (nSPS) is 10.1. The highest BCUT2D eigenvalue weighted by molar-refractivity contribution is 7.80. The lowest BCUT2D eigenvalue weighted by molar-refractivity contribution is -0.384. The minimum absolute atomic E-state index is 0.0973. The molecule has 0 spiro atoms. The molecule has 1 N–H and O–H groups in total. The number of aliphatic hydroxyl groups excluding tert-OH is 1. The Morgan fingerprint density at radius 3 is 2.48 bits per heavy atom. The van der Waals surface area contributed by atoms with Crippen LogP contribution < -0.4 is 4.74 Å². The lowest BCUT2D eigenvalue weighted by Crippen LogP contribution is -2.03. The zero-order valence-electron chi connectivity index (χ0n) is 11.3. The number of ether oxygens (including phenoxy) is 1. The average molecular weight is 303 g/mol. The predicted molar refractivity (Wildman–Crippen MR) is 83.2 cm³/mol. The Morgan fingerprint density at radius 1 is 1.29 bits per heavy atom. The van der Waals surface area contributed by atoms with Crippen molar-refractivity contribution in [2.45, 2.75) is 6.42 Å². The van der Waals surface area contributed by atoms with Gasteiger partial charge in [-0.3, -0.25) is 10.1 Å². The Bertz CT molecular complexity index is 683. The van der Waals surface area contributed by atoms with Gasteiger partial charge in [0.05, 0.1) is 12.0 Å². The number of hydrogen-bond donors (Lipinski definition) is 1. The van der Waals surface area contributed by atoms with Crippen LogP contribution in [-0.2, 0) is 6.42 Å². The van der Waals surface area contributed by atoms with E-state index in [4.69, 9.17) is 17.0 Å². The SMILES string of the molecule is COc1ccc(Cc2ccc([N+](=O)[O-])cc2C(O)=S)cc1. The number of methoxy groups -OCH3 is 1. The molecule has 21 heavy (non-hydrogen) atoms. The number of nitro benzene ring substituents is 1. The van der Waals surface area contributed by atoms with E-state index >= 15 is 0 Å². The van der Waals surface area contributed by atoms with Crippen LogP contribution in [0.3, 0.4) is 0 Å². The van der Waals surface area contributed by atoms with Crippen molar-refractivity contribution in [1.82, 2.24) is 0 Å². The number of non-ortho nitro benzene ring substituents is 1. The van der Waals surface area contributed by atoms with E-state index < -0.39 is 4.92 Å². The van der Waals surface area contributed by atoms with Crippen molar-refractivity contribution < 1.29 is 14.8 Å². The van der Waals surface area contributed by atoms with Gasteiger partial charge in [0.2, 0.25) is 0 Å². The highest BCUT2D eigenvalue weighted by atomic mass is 32.1. The van der Waals surface area contributed by atoms with Crippen LogP contribution in [0.5, 0.6) is 5.75 Å². The summed E-state index contributed by atoms with van der Waals surface area (Å²) in [6.07, 6.45) is 0.512. The summed E-state index contributed by atoms with van der Waals surface area (Å²) in [6.45, 7) is 0. The van der Waals surface area contributed by atoms with Gasteiger partial charge in [0.15, 0.2) is 5.05 Å². The van der Waals surface area contributed by atoms with Gasteiger partial charge in [-0.15, -0.1) is 0 Å². The summed E-state index contributed by atoms with van der Waals surface area (Å²) < 4.78 is 5.09. The van der Waals surface area contributed by atoms with Crippen LogP contribution >= 0.6 is 12.2 Å². The fourth-order valence-corrected chi connectivity index (χ4v) is 2.18. The summed E-state index contributed by atoms with van der Waals surface area (Å²) in [6, 6.07) is 11.8. The molecule has 0 amide bonds. The van der Waals surface area contributed by atoms with Crippen LogP contribution in [0, 0.1) is 10.1 Å². The van der Waals surface area contributed by atoms with Crippen molar-refractivity contribution in [2.24, 2.45) is 0 Å². The molecule has 0 heterocycles. The molecule has 2 rings (SSSR count). The molecule has 0 aliphatic heterocycles. The number of rotatable bonds is 5. The third-order valence-electron chi connectivity index (χ3n) is 3.09. The van der Waals surface area contributed by atoms with E-state index in [1.165, 1.54) is 12.1 Å². The van der Waals surface area contributed by atoms with Crippen molar-refractivity contribution in [2.75, 3.05) is 7.11 Å². The predicted octanol–water partition coefficient (Wildman–Crippen LogP) is 3.43. The zero-order valence-corrected chi connectivity index (χ0v) is 12.1. The van der Waals surface area contributed by atoms with E-state index in [-0.39, 0.29) is 10.7 Å².